The lowest BCUT2D eigenvalue weighted by Gasteiger charge is -2.35. The van der Waals surface area contributed by atoms with E-state index in [1.54, 1.807) is 11.7 Å². The van der Waals surface area contributed by atoms with Crippen LogP contribution in [0.5, 0.6) is 0 Å². The molecule has 1 aromatic carbocycles. The third-order valence-electron chi connectivity index (χ3n) is 4.70. The minimum atomic E-state index is -1.43. The molecule has 0 spiro atoms. The van der Waals surface area contributed by atoms with E-state index < -0.39 is 17.5 Å². The van der Waals surface area contributed by atoms with Gasteiger partial charge in [0.2, 0.25) is 0 Å². The summed E-state index contributed by atoms with van der Waals surface area (Å²) in [6, 6.07) is 2.68. The smallest absolute Gasteiger partial charge is 0.194 e. The minimum absolute atomic E-state index is 0.206. The van der Waals surface area contributed by atoms with Crippen molar-refractivity contribution in [1.82, 2.24) is 15.1 Å². The predicted molar refractivity (Wildman–Crippen MR) is 75.7 cm³/mol. The molecular weight excluding hydrogens is 291 g/mol. The van der Waals surface area contributed by atoms with Crippen molar-refractivity contribution in [2.45, 2.75) is 37.8 Å². The van der Waals surface area contributed by atoms with Gasteiger partial charge in [0.05, 0.1) is 17.4 Å². The first-order chi connectivity index (χ1) is 10.5. The lowest BCUT2D eigenvalue weighted by atomic mass is 9.84. The highest BCUT2D eigenvalue weighted by atomic mass is 19.2. The molecular formula is C16H16F3N3. The van der Waals surface area contributed by atoms with Crippen LogP contribution in [-0.4, -0.2) is 15.8 Å². The van der Waals surface area contributed by atoms with Crippen LogP contribution in [0.3, 0.4) is 0 Å². The molecule has 2 aliphatic heterocycles. The van der Waals surface area contributed by atoms with Crippen LogP contribution < -0.4 is 5.32 Å². The molecule has 1 aromatic heterocycles. The molecule has 2 aromatic rings. The van der Waals surface area contributed by atoms with Crippen molar-refractivity contribution in [3.8, 4) is 11.3 Å². The number of nitrogens with one attached hydrogen (secondary N) is 1. The number of benzene rings is 1. The second-order valence-electron chi connectivity index (χ2n) is 6.14. The van der Waals surface area contributed by atoms with E-state index in [4.69, 9.17) is 0 Å². The fourth-order valence-electron chi connectivity index (χ4n) is 3.77. The fraction of sp³-hybridized carbons (Fsp3) is 0.438. The van der Waals surface area contributed by atoms with Gasteiger partial charge in [-0.15, -0.1) is 0 Å². The molecule has 116 valence electrons. The summed E-state index contributed by atoms with van der Waals surface area (Å²) in [5.74, 6) is -3.77. The van der Waals surface area contributed by atoms with Gasteiger partial charge >= 0.3 is 0 Å². The molecule has 3 nitrogen and oxygen atoms in total. The zero-order valence-electron chi connectivity index (χ0n) is 12.2. The summed E-state index contributed by atoms with van der Waals surface area (Å²) in [7, 11) is 1.76. The molecule has 0 unspecified atom stereocenters. The van der Waals surface area contributed by atoms with Crippen LogP contribution in [0.25, 0.3) is 11.3 Å². The molecule has 0 saturated carbocycles. The molecule has 0 radical (unpaired) electrons. The molecule has 0 amide bonds. The van der Waals surface area contributed by atoms with Gasteiger partial charge in [0.15, 0.2) is 17.5 Å². The molecule has 4 rings (SSSR count). The maximum absolute atomic E-state index is 13.6. The first kappa shape index (κ1) is 13.8. The Kier molecular flexibility index (Phi) is 3.04. The van der Waals surface area contributed by atoms with Crippen molar-refractivity contribution >= 4 is 0 Å². The van der Waals surface area contributed by atoms with Gasteiger partial charge in [0, 0.05) is 24.2 Å². The van der Waals surface area contributed by atoms with Crippen LogP contribution in [0, 0.1) is 17.5 Å². The third kappa shape index (κ3) is 1.97. The van der Waals surface area contributed by atoms with Gasteiger partial charge < -0.3 is 5.32 Å². The standard InChI is InChI=1S/C16H16F3N3/c1-22-16(8-5-11(17)14(19)12(18)6-8)10-7-9-3-2-4-13(20-9)15(10)21-22/h5-6,9,13,20H,2-4,7H2,1H3/t9-,13+/m1/s1. The highest BCUT2D eigenvalue weighted by Crippen LogP contribution is 2.39. The highest BCUT2D eigenvalue weighted by Gasteiger charge is 2.34. The molecule has 1 fully saturated rings. The summed E-state index contributed by atoms with van der Waals surface area (Å²) >= 11 is 0. The molecule has 1 saturated heterocycles. The van der Waals surface area contributed by atoms with Gasteiger partial charge in [-0.2, -0.15) is 5.10 Å². The van der Waals surface area contributed by atoms with Gasteiger partial charge in [-0.3, -0.25) is 4.68 Å². The number of hydrogen-bond donors (Lipinski definition) is 1. The van der Waals surface area contributed by atoms with E-state index in [-0.39, 0.29) is 6.04 Å². The van der Waals surface area contributed by atoms with E-state index in [0.29, 0.717) is 17.3 Å². The van der Waals surface area contributed by atoms with E-state index in [0.717, 1.165) is 49.1 Å². The van der Waals surface area contributed by atoms with Crippen LogP contribution in [0.4, 0.5) is 13.2 Å². The molecule has 2 atom stereocenters. The van der Waals surface area contributed by atoms with E-state index >= 15 is 0 Å². The van der Waals surface area contributed by atoms with Gasteiger partial charge in [0.1, 0.15) is 0 Å². The Hall–Kier alpha value is -1.82. The Balaban J connectivity index is 1.89. The average Bonchev–Trinajstić information content (AvgIpc) is 2.81. The van der Waals surface area contributed by atoms with Crippen molar-refractivity contribution in [2.75, 3.05) is 0 Å². The number of aromatic nitrogens is 2. The minimum Gasteiger partial charge on any atom is -0.305 e. The fourth-order valence-corrected chi connectivity index (χ4v) is 3.77. The largest absolute Gasteiger partial charge is 0.305 e. The monoisotopic (exact) mass is 307 g/mol. The van der Waals surface area contributed by atoms with Crippen LogP contribution >= 0.6 is 0 Å². The molecule has 3 heterocycles. The number of piperidine rings is 1. The summed E-state index contributed by atoms with van der Waals surface area (Å²) in [4.78, 5) is 0. The van der Waals surface area contributed by atoms with Crippen molar-refractivity contribution in [1.29, 1.82) is 0 Å². The van der Waals surface area contributed by atoms with Crippen molar-refractivity contribution < 1.29 is 13.2 Å². The number of aryl methyl sites for hydroxylation is 1. The van der Waals surface area contributed by atoms with Gasteiger partial charge in [-0.25, -0.2) is 13.2 Å². The number of nitrogens with zero attached hydrogens (tertiary/aromatic N) is 2. The molecule has 0 aliphatic carbocycles. The third-order valence-corrected chi connectivity index (χ3v) is 4.70. The maximum Gasteiger partial charge on any atom is 0.194 e. The molecule has 1 N–H and O–H groups in total. The summed E-state index contributed by atoms with van der Waals surface area (Å²) < 4.78 is 42.0. The summed E-state index contributed by atoms with van der Waals surface area (Å²) in [5, 5.41) is 8.09. The molecule has 6 heteroatoms. The Bertz CT molecular complexity index is 730. The Morgan fingerprint density at radius 1 is 1.18 bits per heavy atom. The summed E-state index contributed by atoms with van der Waals surface area (Å²) in [5.41, 5.74) is 3.01. The lowest BCUT2D eigenvalue weighted by Crippen LogP contribution is -2.42. The Labute approximate surface area is 126 Å². The van der Waals surface area contributed by atoms with Crippen LogP contribution in [0.1, 0.15) is 36.6 Å². The second-order valence-corrected chi connectivity index (χ2v) is 6.14. The molecule has 2 aliphatic rings. The van der Waals surface area contributed by atoms with Gasteiger partial charge in [-0.1, -0.05) is 0 Å². The lowest BCUT2D eigenvalue weighted by molar-refractivity contribution is 0.297. The quantitative estimate of drug-likeness (QED) is 0.820. The number of halogens is 3. The van der Waals surface area contributed by atoms with E-state index in [1.807, 2.05) is 0 Å². The van der Waals surface area contributed by atoms with Crippen molar-refractivity contribution in [3.05, 3.63) is 40.8 Å². The first-order valence-corrected chi connectivity index (χ1v) is 7.51. The van der Waals surface area contributed by atoms with Gasteiger partial charge in [0.25, 0.3) is 0 Å². The van der Waals surface area contributed by atoms with E-state index in [2.05, 4.69) is 10.4 Å². The van der Waals surface area contributed by atoms with E-state index in [1.165, 1.54) is 0 Å². The molecule has 2 bridgehead atoms. The van der Waals surface area contributed by atoms with Gasteiger partial charge in [-0.05, 0) is 37.8 Å². The predicted octanol–water partition coefficient (Wildman–Crippen LogP) is 3.24. The molecule has 22 heavy (non-hydrogen) atoms. The maximum atomic E-state index is 13.6. The van der Waals surface area contributed by atoms with Crippen LogP contribution in [-0.2, 0) is 13.5 Å². The Morgan fingerprint density at radius 3 is 2.64 bits per heavy atom. The normalized spacial score (nSPS) is 23.5. The zero-order valence-corrected chi connectivity index (χ0v) is 12.2. The van der Waals surface area contributed by atoms with Crippen LogP contribution in [0.15, 0.2) is 12.1 Å². The SMILES string of the molecule is Cn1nc2c(c1-c1cc(F)c(F)c(F)c1)C[C@H]1CCC[C@@H]2N1. The second kappa shape index (κ2) is 4.84. The first-order valence-electron chi connectivity index (χ1n) is 7.51. The number of hydrogen-bond acceptors (Lipinski definition) is 2. The summed E-state index contributed by atoms with van der Waals surface area (Å²) in [6.07, 6.45) is 4.06. The summed E-state index contributed by atoms with van der Waals surface area (Å²) in [6.45, 7) is 0. The van der Waals surface area contributed by atoms with Crippen molar-refractivity contribution in [3.63, 3.8) is 0 Å². The number of rotatable bonds is 1. The Morgan fingerprint density at radius 2 is 1.91 bits per heavy atom. The average molecular weight is 307 g/mol. The van der Waals surface area contributed by atoms with E-state index in [9.17, 15) is 13.2 Å². The zero-order chi connectivity index (χ0) is 15.4. The number of fused-ring (bicyclic) bond motifs is 4. The van der Waals surface area contributed by atoms with Crippen molar-refractivity contribution in [2.24, 2.45) is 7.05 Å². The highest BCUT2D eigenvalue weighted by molar-refractivity contribution is 5.66. The topological polar surface area (TPSA) is 29.9 Å². The van der Waals surface area contributed by atoms with Crippen LogP contribution in [0.2, 0.25) is 0 Å².